The SMILES string of the molecule is Cc1cc(C)c(C)c(OCC(=O)N[C@H](C)c2ccc(S(C)(=O)=O)cc2)c1. The van der Waals surface area contributed by atoms with Gasteiger partial charge in [-0.2, -0.15) is 0 Å². The van der Waals surface area contributed by atoms with Gasteiger partial charge in [-0.3, -0.25) is 4.79 Å². The van der Waals surface area contributed by atoms with Crippen molar-refractivity contribution in [1.82, 2.24) is 5.32 Å². The molecular weight excluding hydrogens is 350 g/mol. The molecule has 2 aromatic carbocycles. The van der Waals surface area contributed by atoms with Crippen molar-refractivity contribution in [3.05, 3.63) is 58.7 Å². The van der Waals surface area contributed by atoms with Gasteiger partial charge in [0.05, 0.1) is 10.9 Å². The van der Waals surface area contributed by atoms with Gasteiger partial charge in [0, 0.05) is 6.26 Å². The van der Waals surface area contributed by atoms with E-state index in [0.29, 0.717) is 5.75 Å². The van der Waals surface area contributed by atoms with Gasteiger partial charge in [0.1, 0.15) is 5.75 Å². The maximum absolute atomic E-state index is 12.2. The molecule has 0 aliphatic heterocycles. The summed E-state index contributed by atoms with van der Waals surface area (Å²) in [7, 11) is -3.23. The monoisotopic (exact) mass is 375 g/mol. The predicted octanol–water partition coefficient (Wildman–Crippen LogP) is 3.27. The van der Waals surface area contributed by atoms with E-state index in [1.807, 2.05) is 33.8 Å². The molecule has 2 rings (SSSR count). The van der Waals surface area contributed by atoms with Crippen LogP contribution in [0.5, 0.6) is 5.75 Å². The van der Waals surface area contributed by atoms with Crippen LogP contribution < -0.4 is 10.1 Å². The fourth-order valence-corrected chi connectivity index (χ4v) is 3.29. The van der Waals surface area contributed by atoms with Gasteiger partial charge in [0.25, 0.3) is 5.91 Å². The largest absolute Gasteiger partial charge is 0.483 e. The zero-order valence-electron chi connectivity index (χ0n) is 15.8. The van der Waals surface area contributed by atoms with Crippen molar-refractivity contribution < 1.29 is 17.9 Å². The Morgan fingerprint density at radius 1 is 1.12 bits per heavy atom. The van der Waals surface area contributed by atoms with Crippen LogP contribution in [-0.2, 0) is 14.6 Å². The van der Waals surface area contributed by atoms with Gasteiger partial charge in [-0.05, 0) is 68.1 Å². The third-order valence-electron chi connectivity index (χ3n) is 4.31. The minimum absolute atomic E-state index is 0.0739. The van der Waals surface area contributed by atoms with Crippen molar-refractivity contribution in [2.75, 3.05) is 12.9 Å². The van der Waals surface area contributed by atoms with Crippen LogP contribution in [0, 0.1) is 20.8 Å². The number of ether oxygens (including phenoxy) is 1. The molecule has 0 unspecified atom stereocenters. The molecule has 0 saturated carbocycles. The topological polar surface area (TPSA) is 72.5 Å². The zero-order chi connectivity index (χ0) is 19.5. The average Bonchev–Trinajstić information content (AvgIpc) is 2.56. The van der Waals surface area contributed by atoms with Crippen LogP contribution in [0.2, 0.25) is 0 Å². The van der Waals surface area contributed by atoms with Crippen molar-refractivity contribution in [3.8, 4) is 5.75 Å². The molecule has 1 N–H and O–H groups in total. The highest BCUT2D eigenvalue weighted by Crippen LogP contribution is 2.23. The second-order valence-electron chi connectivity index (χ2n) is 6.62. The summed E-state index contributed by atoms with van der Waals surface area (Å²) in [4.78, 5) is 12.4. The van der Waals surface area contributed by atoms with E-state index < -0.39 is 9.84 Å². The van der Waals surface area contributed by atoms with Crippen LogP contribution in [-0.4, -0.2) is 27.2 Å². The van der Waals surface area contributed by atoms with E-state index in [-0.39, 0.29) is 23.5 Å². The van der Waals surface area contributed by atoms with E-state index in [0.717, 1.165) is 22.3 Å². The summed E-state index contributed by atoms with van der Waals surface area (Å²) >= 11 is 0. The molecule has 0 heterocycles. The lowest BCUT2D eigenvalue weighted by molar-refractivity contribution is -0.123. The quantitative estimate of drug-likeness (QED) is 0.841. The number of carbonyl (C=O) groups is 1. The Balaban J connectivity index is 1.97. The van der Waals surface area contributed by atoms with E-state index in [9.17, 15) is 13.2 Å². The Kier molecular flexibility index (Phi) is 6.08. The maximum atomic E-state index is 12.2. The average molecular weight is 375 g/mol. The summed E-state index contributed by atoms with van der Waals surface area (Å²) in [5, 5.41) is 2.86. The number of amides is 1. The fourth-order valence-electron chi connectivity index (χ4n) is 2.66. The molecule has 5 nitrogen and oxygen atoms in total. The minimum atomic E-state index is -3.23. The van der Waals surface area contributed by atoms with Gasteiger partial charge >= 0.3 is 0 Å². The van der Waals surface area contributed by atoms with Crippen molar-refractivity contribution >= 4 is 15.7 Å². The Morgan fingerprint density at radius 3 is 2.31 bits per heavy atom. The second kappa shape index (κ2) is 7.91. The van der Waals surface area contributed by atoms with Gasteiger partial charge in [-0.15, -0.1) is 0 Å². The van der Waals surface area contributed by atoms with Crippen LogP contribution in [0.4, 0.5) is 0 Å². The maximum Gasteiger partial charge on any atom is 0.258 e. The number of benzene rings is 2. The number of aryl methyl sites for hydroxylation is 2. The molecule has 1 amide bonds. The van der Waals surface area contributed by atoms with Gasteiger partial charge in [0.2, 0.25) is 0 Å². The highest BCUT2D eigenvalue weighted by molar-refractivity contribution is 7.90. The predicted molar refractivity (Wildman–Crippen MR) is 102 cm³/mol. The molecular formula is C20H25NO4S. The molecule has 0 bridgehead atoms. The Morgan fingerprint density at radius 2 is 1.73 bits per heavy atom. The highest BCUT2D eigenvalue weighted by Gasteiger charge is 2.13. The number of nitrogens with one attached hydrogen (secondary N) is 1. The first kappa shape index (κ1) is 20.0. The smallest absolute Gasteiger partial charge is 0.258 e. The molecule has 0 fully saturated rings. The zero-order valence-corrected chi connectivity index (χ0v) is 16.6. The molecule has 0 radical (unpaired) electrons. The molecule has 0 aliphatic rings. The summed E-state index contributed by atoms with van der Waals surface area (Å²) < 4.78 is 28.7. The molecule has 1 atom stereocenters. The summed E-state index contributed by atoms with van der Waals surface area (Å²) in [6.07, 6.45) is 1.17. The van der Waals surface area contributed by atoms with E-state index in [1.54, 1.807) is 24.3 Å². The number of rotatable bonds is 6. The number of carbonyl (C=O) groups excluding carboxylic acids is 1. The van der Waals surface area contributed by atoms with Crippen molar-refractivity contribution in [2.45, 2.75) is 38.6 Å². The van der Waals surface area contributed by atoms with Crippen molar-refractivity contribution in [2.24, 2.45) is 0 Å². The minimum Gasteiger partial charge on any atom is -0.483 e. The van der Waals surface area contributed by atoms with E-state index >= 15 is 0 Å². The van der Waals surface area contributed by atoms with Gasteiger partial charge < -0.3 is 10.1 Å². The third-order valence-corrected chi connectivity index (χ3v) is 5.44. The summed E-state index contributed by atoms with van der Waals surface area (Å²) in [6.45, 7) is 7.73. The molecule has 26 heavy (non-hydrogen) atoms. The van der Waals surface area contributed by atoms with Crippen LogP contribution in [0.1, 0.15) is 35.2 Å². The van der Waals surface area contributed by atoms with Crippen LogP contribution >= 0.6 is 0 Å². The van der Waals surface area contributed by atoms with E-state index in [1.165, 1.54) is 6.26 Å². The normalized spacial score (nSPS) is 12.5. The Labute approximate surface area is 155 Å². The molecule has 0 aromatic heterocycles. The number of hydrogen-bond acceptors (Lipinski definition) is 4. The van der Waals surface area contributed by atoms with Crippen LogP contribution in [0.15, 0.2) is 41.3 Å². The Bertz CT molecular complexity index is 902. The second-order valence-corrected chi connectivity index (χ2v) is 8.64. The molecule has 0 aliphatic carbocycles. The lowest BCUT2D eigenvalue weighted by Gasteiger charge is -2.16. The van der Waals surface area contributed by atoms with Crippen LogP contribution in [0.25, 0.3) is 0 Å². The lowest BCUT2D eigenvalue weighted by atomic mass is 10.1. The summed E-state index contributed by atoms with van der Waals surface area (Å²) in [5.74, 6) is 0.478. The van der Waals surface area contributed by atoms with Crippen LogP contribution in [0.3, 0.4) is 0 Å². The third kappa shape index (κ3) is 5.08. The van der Waals surface area contributed by atoms with Gasteiger partial charge in [0.15, 0.2) is 16.4 Å². The van der Waals surface area contributed by atoms with Gasteiger partial charge in [-0.1, -0.05) is 18.2 Å². The van der Waals surface area contributed by atoms with Crippen molar-refractivity contribution in [3.63, 3.8) is 0 Å². The first-order valence-electron chi connectivity index (χ1n) is 8.38. The molecule has 0 spiro atoms. The van der Waals surface area contributed by atoms with Gasteiger partial charge in [-0.25, -0.2) is 8.42 Å². The standard InChI is InChI=1S/C20H25NO4S/c1-13-10-14(2)15(3)19(11-13)25-12-20(22)21-16(4)17-6-8-18(9-7-17)26(5,23)24/h6-11,16H,12H2,1-5H3,(H,21,22)/t16-/m1/s1. The number of sulfone groups is 1. The summed E-state index contributed by atoms with van der Waals surface area (Å²) in [6, 6.07) is 10.2. The van der Waals surface area contributed by atoms with E-state index in [2.05, 4.69) is 11.4 Å². The summed E-state index contributed by atoms with van der Waals surface area (Å²) in [5.41, 5.74) is 4.06. The Hall–Kier alpha value is -2.34. The molecule has 6 heteroatoms. The molecule has 0 saturated heterocycles. The van der Waals surface area contributed by atoms with Crippen molar-refractivity contribution in [1.29, 1.82) is 0 Å². The first-order valence-corrected chi connectivity index (χ1v) is 10.3. The number of hydrogen-bond donors (Lipinski definition) is 1. The molecule has 2 aromatic rings. The fraction of sp³-hybridized carbons (Fsp3) is 0.350. The molecule has 140 valence electrons. The lowest BCUT2D eigenvalue weighted by Crippen LogP contribution is -2.31. The first-order chi connectivity index (χ1) is 12.1. The highest BCUT2D eigenvalue weighted by atomic mass is 32.2. The van der Waals surface area contributed by atoms with E-state index in [4.69, 9.17) is 4.74 Å².